The summed E-state index contributed by atoms with van der Waals surface area (Å²) in [4.78, 5) is 13.5. The zero-order valence-corrected chi connectivity index (χ0v) is 18.2. The van der Waals surface area contributed by atoms with Crippen LogP contribution in [-0.4, -0.2) is 26.8 Å². The van der Waals surface area contributed by atoms with Gasteiger partial charge in [-0.05, 0) is 105 Å². The minimum absolute atomic E-state index is 0.0935. The van der Waals surface area contributed by atoms with Crippen molar-refractivity contribution in [3.05, 3.63) is 23.5 Å². The Hall–Kier alpha value is -1.42. The summed E-state index contributed by atoms with van der Waals surface area (Å²) in [6.45, 7) is 7.70. The number of allylic oxidation sites excluding steroid dienone is 1. The number of carbonyl (C=O) groups excluding carboxylic acids is 1. The number of fused-ring (bicyclic) bond motifs is 5. The van der Waals surface area contributed by atoms with Crippen molar-refractivity contribution < 1.29 is 9.90 Å². The fourth-order valence-corrected chi connectivity index (χ4v) is 7.84. The first-order valence-electron chi connectivity index (χ1n) is 11.8. The topological polar surface area (TPSA) is 55.1 Å². The molecule has 7 atom stereocenters. The van der Waals surface area contributed by atoms with Crippen molar-refractivity contribution in [2.75, 3.05) is 0 Å². The third kappa shape index (κ3) is 2.89. The van der Waals surface area contributed by atoms with Crippen LogP contribution in [0.15, 0.2) is 17.8 Å². The molecule has 0 saturated heterocycles. The van der Waals surface area contributed by atoms with E-state index in [0.29, 0.717) is 29.0 Å². The second-order valence-electron chi connectivity index (χ2n) is 10.8. The van der Waals surface area contributed by atoms with Gasteiger partial charge in [0.2, 0.25) is 0 Å². The molecule has 4 aliphatic rings. The van der Waals surface area contributed by atoms with Crippen molar-refractivity contribution in [2.45, 2.75) is 84.8 Å². The van der Waals surface area contributed by atoms with E-state index in [2.05, 4.69) is 31.9 Å². The molecule has 0 radical (unpaired) electrons. The molecule has 0 amide bonds. The SMILES string of the molecule is CCn1ccc(/C=C2/C[C@H]3[C@@H]4CC[C@H]5C[C@H](O)CC[C@]5(C)[C@H]4CC[C@]3(C)C2=O)n1. The quantitative estimate of drug-likeness (QED) is 0.726. The molecule has 29 heavy (non-hydrogen) atoms. The average Bonchev–Trinajstić information content (AvgIpc) is 3.26. The van der Waals surface area contributed by atoms with Crippen LogP contribution in [0.25, 0.3) is 6.08 Å². The van der Waals surface area contributed by atoms with E-state index in [4.69, 9.17) is 0 Å². The Morgan fingerprint density at radius 1 is 1.21 bits per heavy atom. The second kappa shape index (κ2) is 6.80. The summed E-state index contributed by atoms with van der Waals surface area (Å²) in [5.41, 5.74) is 2.10. The molecule has 5 rings (SSSR count). The average molecular weight is 397 g/mol. The number of aromatic nitrogens is 2. The normalized spacial score (nSPS) is 45.7. The first-order valence-corrected chi connectivity index (χ1v) is 11.8. The Balaban J connectivity index is 1.43. The van der Waals surface area contributed by atoms with Gasteiger partial charge in [-0.25, -0.2) is 0 Å². The van der Waals surface area contributed by atoms with Gasteiger partial charge in [0.15, 0.2) is 5.78 Å². The van der Waals surface area contributed by atoms with Crippen LogP contribution < -0.4 is 0 Å². The molecule has 0 spiro atoms. The predicted octanol–water partition coefficient (Wildman–Crippen LogP) is 4.87. The van der Waals surface area contributed by atoms with Gasteiger partial charge in [0.25, 0.3) is 0 Å². The maximum Gasteiger partial charge on any atom is 0.165 e. The van der Waals surface area contributed by atoms with Crippen molar-refractivity contribution in [1.29, 1.82) is 0 Å². The van der Waals surface area contributed by atoms with Gasteiger partial charge in [-0.15, -0.1) is 0 Å². The van der Waals surface area contributed by atoms with Crippen LogP contribution in [0.2, 0.25) is 0 Å². The zero-order valence-electron chi connectivity index (χ0n) is 18.2. The number of carbonyl (C=O) groups is 1. The van der Waals surface area contributed by atoms with Gasteiger partial charge >= 0.3 is 0 Å². The Morgan fingerprint density at radius 2 is 2.03 bits per heavy atom. The fourth-order valence-electron chi connectivity index (χ4n) is 7.84. The largest absolute Gasteiger partial charge is 0.393 e. The molecule has 4 fully saturated rings. The summed E-state index contributed by atoms with van der Waals surface area (Å²) in [7, 11) is 0. The molecule has 4 nitrogen and oxygen atoms in total. The molecular weight excluding hydrogens is 360 g/mol. The maximum atomic E-state index is 13.5. The van der Waals surface area contributed by atoms with E-state index in [-0.39, 0.29) is 11.5 Å². The number of Topliss-reactive ketones (excluding diaryl/α,β-unsaturated/α-hetero) is 1. The van der Waals surface area contributed by atoms with Crippen molar-refractivity contribution in [3.8, 4) is 0 Å². The second-order valence-corrected chi connectivity index (χ2v) is 10.8. The van der Waals surface area contributed by atoms with Crippen molar-refractivity contribution in [1.82, 2.24) is 9.78 Å². The third-order valence-corrected chi connectivity index (χ3v) is 9.59. The van der Waals surface area contributed by atoms with Crippen LogP contribution in [0.4, 0.5) is 0 Å². The van der Waals surface area contributed by atoms with Crippen LogP contribution in [0, 0.1) is 34.5 Å². The number of aliphatic hydroxyl groups is 1. The molecule has 0 aromatic carbocycles. The molecule has 1 N–H and O–H groups in total. The number of rotatable bonds is 2. The van der Waals surface area contributed by atoms with Gasteiger partial charge in [0.1, 0.15) is 0 Å². The summed E-state index contributed by atoms with van der Waals surface area (Å²) in [6, 6.07) is 2.02. The molecule has 4 saturated carbocycles. The van der Waals surface area contributed by atoms with Gasteiger partial charge in [0.05, 0.1) is 11.8 Å². The lowest BCUT2D eigenvalue weighted by atomic mass is 9.45. The molecule has 1 aromatic rings. The standard InChI is InChI=1S/C25H36N2O2/c1-4-27-12-9-18(26-27)13-16-14-22-20-6-5-17-15-19(28)7-10-24(17,2)21(20)8-11-25(22,3)23(16)29/h9,12-13,17,19-22,28H,4-8,10-11,14-15H2,1-3H3/b16-13-/t17-,19+,20+,21-,22-,24-,25-/m0/s1. The summed E-state index contributed by atoms with van der Waals surface area (Å²) < 4.78 is 1.93. The molecule has 0 unspecified atom stereocenters. The van der Waals surface area contributed by atoms with Crippen LogP contribution >= 0.6 is 0 Å². The number of ketones is 1. The lowest BCUT2D eigenvalue weighted by molar-refractivity contribution is -0.141. The number of aryl methyl sites for hydroxylation is 1. The predicted molar refractivity (Wildman–Crippen MR) is 114 cm³/mol. The van der Waals surface area contributed by atoms with Crippen LogP contribution in [-0.2, 0) is 11.3 Å². The monoisotopic (exact) mass is 396 g/mol. The lowest BCUT2D eigenvalue weighted by Crippen LogP contribution is -2.54. The summed E-state index contributed by atoms with van der Waals surface area (Å²) in [6.07, 6.45) is 12.7. The number of nitrogens with zero attached hydrogens (tertiary/aromatic N) is 2. The lowest BCUT2D eigenvalue weighted by Gasteiger charge is -2.59. The smallest absolute Gasteiger partial charge is 0.165 e. The van der Waals surface area contributed by atoms with Gasteiger partial charge in [-0.1, -0.05) is 13.8 Å². The summed E-state index contributed by atoms with van der Waals surface area (Å²) in [5.74, 6) is 2.92. The van der Waals surface area contributed by atoms with Crippen molar-refractivity contribution >= 4 is 11.9 Å². The molecule has 0 bridgehead atoms. The van der Waals surface area contributed by atoms with E-state index in [9.17, 15) is 9.90 Å². The van der Waals surface area contributed by atoms with E-state index in [1.807, 2.05) is 16.9 Å². The van der Waals surface area contributed by atoms with E-state index in [1.165, 1.54) is 19.3 Å². The first-order chi connectivity index (χ1) is 13.8. The highest BCUT2D eigenvalue weighted by molar-refractivity contribution is 6.05. The highest BCUT2D eigenvalue weighted by Gasteiger charge is 2.61. The molecular formula is C25H36N2O2. The maximum absolute atomic E-state index is 13.5. The zero-order chi connectivity index (χ0) is 20.4. The Kier molecular flexibility index (Phi) is 4.58. The van der Waals surface area contributed by atoms with Gasteiger partial charge in [-0.3, -0.25) is 9.48 Å². The first kappa shape index (κ1) is 19.5. The van der Waals surface area contributed by atoms with Gasteiger partial charge in [0, 0.05) is 18.2 Å². The molecule has 1 heterocycles. The van der Waals surface area contributed by atoms with E-state index < -0.39 is 0 Å². The highest BCUT2D eigenvalue weighted by atomic mass is 16.3. The van der Waals surface area contributed by atoms with Crippen LogP contribution in [0.1, 0.15) is 77.8 Å². The fraction of sp³-hybridized carbons (Fsp3) is 0.760. The minimum Gasteiger partial charge on any atom is -0.393 e. The van der Waals surface area contributed by atoms with E-state index in [1.54, 1.807) is 0 Å². The Morgan fingerprint density at radius 3 is 2.79 bits per heavy atom. The Bertz CT molecular complexity index is 842. The van der Waals surface area contributed by atoms with Crippen LogP contribution in [0.3, 0.4) is 0 Å². The molecule has 1 aromatic heterocycles. The molecule has 4 aliphatic carbocycles. The molecule has 158 valence electrons. The van der Waals surface area contributed by atoms with E-state index in [0.717, 1.165) is 55.8 Å². The van der Waals surface area contributed by atoms with Crippen LogP contribution in [0.5, 0.6) is 0 Å². The minimum atomic E-state index is -0.183. The number of hydrogen-bond acceptors (Lipinski definition) is 3. The highest BCUT2D eigenvalue weighted by Crippen LogP contribution is 2.66. The van der Waals surface area contributed by atoms with Crippen molar-refractivity contribution in [3.63, 3.8) is 0 Å². The summed E-state index contributed by atoms with van der Waals surface area (Å²) in [5, 5.41) is 14.8. The number of aliphatic hydroxyl groups excluding tert-OH is 1. The number of hydrogen-bond donors (Lipinski definition) is 1. The van der Waals surface area contributed by atoms with Gasteiger partial charge in [-0.2, -0.15) is 5.10 Å². The van der Waals surface area contributed by atoms with E-state index >= 15 is 0 Å². The third-order valence-electron chi connectivity index (χ3n) is 9.59. The molecule has 4 heteroatoms. The summed E-state index contributed by atoms with van der Waals surface area (Å²) >= 11 is 0. The molecule has 0 aliphatic heterocycles. The van der Waals surface area contributed by atoms with Crippen molar-refractivity contribution in [2.24, 2.45) is 34.5 Å². The van der Waals surface area contributed by atoms with Gasteiger partial charge < -0.3 is 5.11 Å². The Labute approximate surface area is 174 Å².